The van der Waals surface area contributed by atoms with Crippen LogP contribution in [-0.2, 0) is 13.6 Å². The molecule has 7 nitrogen and oxygen atoms in total. The fraction of sp³-hybridized carbons (Fsp3) is 0.150. The van der Waals surface area contributed by atoms with E-state index in [-0.39, 0.29) is 5.91 Å². The Labute approximate surface area is 155 Å². The van der Waals surface area contributed by atoms with Gasteiger partial charge in [0, 0.05) is 25.4 Å². The molecule has 3 heterocycles. The number of aryl methyl sites for hydroxylation is 1. The summed E-state index contributed by atoms with van der Waals surface area (Å²) in [5.74, 6) is 1.21. The van der Waals surface area contributed by atoms with E-state index < -0.39 is 0 Å². The highest BCUT2D eigenvalue weighted by atomic mass is 16.5. The second kappa shape index (κ2) is 6.95. The Morgan fingerprint density at radius 3 is 2.85 bits per heavy atom. The van der Waals surface area contributed by atoms with Crippen LogP contribution in [0.15, 0.2) is 59.3 Å². The first-order valence-corrected chi connectivity index (χ1v) is 8.43. The van der Waals surface area contributed by atoms with Crippen LogP contribution in [0.25, 0.3) is 22.4 Å². The Kier molecular flexibility index (Phi) is 4.33. The number of nitrogens with zero attached hydrogens (tertiary/aromatic N) is 3. The maximum Gasteiger partial charge on any atom is 0.251 e. The van der Waals surface area contributed by atoms with Crippen molar-refractivity contribution >= 4 is 16.8 Å². The number of carbonyl (C=O) groups excluding carboxylic acids is 1. The summed E-state index contributed by atoms with van der Waals surface area (Å²) in [6.07, 6.45) is 3.34. The van der Waals surface area contributed by atoms with Gasteiger partial charge < -0.3 is 14.5 Å². The largest absolute Gasteiger partial charge is 0.481 e. The van der Waals surface area contributed by atoms with Gasteiger partial charge >= 0.3 is 0 Å². The monoisotopic (exact) mass is 362 g/mol. The first-order valence-electron chi connectivity index (χ1n) is 8.43. The number of ether oxygens (including phenoxy) is 1. The lowest BCUT2D eigenvalue weighted by atomic mass is 10.1. The van der Waals surface area contributed by atoms with Crippen LogP contribution in [0, 0.1) is 0 Å². The van der Waals surface area contributed by atoms with Crippen LogP contribution in [0.4, 0.5) is 0 Å². The van der Waals surface area contributed by atoms with Gasteiger partial charge in [-0.2, -0.15) is 5.10 Å². The van der Waals surface area contributed by atoms with Gasteiger partial charge in [0.15, 0.2) is 5.76 Å². The summed E-state index contributed by atoms with van der Waals surface area (Å²) in [7, 11) is 3.40. The summed E-state index contributed by atoms with van der Waals surface area (Å²) in [6, 6.07) is 12.8. The van der Waals surface area contributed by atoms with Crippen molar-refractivity contribution in [2.45, 2.75) is 6.54 Å². The zero-order valence-corrected chi connectivity index (χ0v) is 15.0. The van der Waals surface area contributed by atoms with Crippen LogP contribution >= 0.6 is 0 Å². The Hall–Kier alpha value is -3.61. The lowest BCUT2D eigenvalue weighted by Gasteiger charge is -2.06. The van der Waals surface area contributed by atoms with Crippen molar-refractivity contribution in [3.8, 4) is 17.3 Å². The average Bonchev–Trinajstić information content (AvgIpc) is 3.33. The van der Waals surface area contributed by atoms with E-state index in [9.17, 15) is 4.79 Å². The topological polar surface area (TPSA) is 82.2 Å². The third-order valence-corrected chi connectivity index (χ3v) is 4.29. The van der Waals surface area contributed by atoms with Crippen molar-refractivity contribution in [1.29, 1.82) is 0 Å². The van der Waals surface area contributed by atoms with Crippen molar-refractivity contribution in [3.63, 3.8) is 0 Å². The zero-order valence-electron chi connectivity index (χ0n) is 15.0. The molecule has 27 heavy (non-hydrogen) atoms. The van der Waals surface area contributed by atoms with E-state index in [1.54, 1.807) is 43.4 Å². The number of carbonyl (C=O) groups is 1. The number of benzene rings is 1. The molecule has 7 heteroatoms. The van der Waals surface area contributed by atoms with Gasteiger partial charge in [-0.25, -0.2) is 4.68 Å². The molecule has 1 N–H and O–H groups in total. The fourth-order valence-corrected chi connectivity index (χ4v) is 2.94. The predicted octanol–water partition coefficient (Wildman–Crippen LogP) is 3.17. The quantitative estimate of drug-likeness (QED) is 0.590. The van der Waals surface area contributed by atoms with Crippen molar-refractivity contribution in [2.24, 2.45) is 7.05 Å². The molecule has 0 fully saturated rings. The van der Waals surface area contributed by atoms with Crippen molar-refractivity contribution in [1.82, 2.24) is 20.1 Å². The Morgan fingerprint density at radius 2 is 2.15 bits per heavy atom. The normalized spacial score (nSPS) is 10.9. The van der Waals surface area contributed by atoms with Gasteiger partial charge in [-0.1, -0.05) is 6.07 Å². The number of nitrogens with one attached hydrogen (secondary N) is 1. The highest BCUT2D eigenvalue weighted by Gasteiger charge is 2.13. The molecule has 1 aromatic carbocycles. The molecule has 0 unspecified atom stereocenters. The number of aromatic nitrogens is 3. The van der Waals surface area contributed by atoms with Gasteiger partial charge in [-0.05, 0) is 42.0 Å². The van der Waals surface area contributed by atoms with Gasteiger partial charge in [0.25, 0.3) is 5.91 Å². The summed E-state index contributed by atoms with van der Waals surface area (Å²) in [6.45, 7) is 0.383. The number of methoxy groups -OCH3 is 1. The fourth-order valence-electron chi connectivity index (χ4n) is 2.94. The molecule has 0 atom stereocenters. The molecule has 4 rings (SSSR count). The van der Waals surface area contributed by atoms with Crippen LogP contribution in [0.1, 0.15) is 15.9 Å². The average molecular weight is 362 g/mol. The van der Waals surface area contributed by atoms with E-state index in [1.165, 1.54) is 0 Å². The Bertz CT molecular complexity index is 1080. The molecule has 0 saturated heterocycles. The highest BCUT2D eigenvalue weighted by molar-refractivity contribution is 5.98. The van der Waals surface area contributed by atoms with Crippen molar-refractivity contribution in [3.05, 3.63) is 66.1 Å². The van der Waals surface area contributed by atoms with Gasteiger partial charge in [0.1, 0.15) is 5.69 Å². The molecule has 0 aliphatic carbocycles. The minimum atomic E-state index is -0.170. The van der Waals surface area contributed by atoms with E-state index in [4.69, 9.17) is 9.15 Å². The third kappa shape index (κ3) is 3.27. The van der Waals surface area contributed by atoms with Crippen LogP contribution < -0.4 is 10.1 Å². The smallest absolute Gasteiger partial charge is 0.251 e. The number of hydrogen-bond donors (Lipinski definition) is 1. The van der Waals surface area contributed by atoms with Crippen molar-refractivity contribution in [2.75, 3.05) is 7.11 Å². The molecule has 3 aromatic heterocycles. The molecular formula is C20H18N4O3. The third-order valence-electron chi connectivity index (χ3n) is 4.29. The molecule has 1 amide bonds. The van der Waals surface area contributed by atoms with Crippen LogP contribution in [-0.4, -0.2) is 27.8 Å². The van der Waals surface area contributed by atoms with E-state index in [2.05, 4.69) is 15.4 Å². The number of pyridine rings is 1. The van der Waals surface area contributed by atoms with Crippen LogP contribution in [0.2, 0.25) is 0 Å². The number of rotatable bonds is 5. The second-order valence-corrected chi connectivity index (χ2v) is 6.08. The second-order valence-electron chi connectivity index (χ2n) is 6.08. The van der Waals surface area contributed by atoms with E-state index in [0.717, 1.165) is 16.6 Å². The number of furan rings is 1. The predicted molar refractivity (Wildman–Crippen MR) is 100 cm³/mol. The summed E-state index contributed by atoms with van der Waals surface area (Å²) in [4.78, 5) is 16.8. The molecule has 4 aromatic rings. The van der Waals surface area contributed by atoms with E-state index >= 15 is 0 Å². The van der Waals surface area contributed by atoms with Crippen LogP contribution in [0.3, 0.4) is 0 Å². The number of fused-ring (bicyclic) bond motifs is 1. The van der Waals surface area contributed by atoms with Gasteiger partial charge in [-0.3, -0.25) is 9.78 Å². The maximum atomic E-state index is 12.5. The summed E-state index contributed by atoms with van der Waals surface area (Å²) >= 11 is 0. The molecule has 0 saturated carbocycles. The van der Waals surface area contributed by atoms with Gasteiger partial charge in [0.2, 0.25) is 5.88 Å². The first-order chi connectivity index (χ1) is 13.2. The Balaban J connectivity index is 1.45. The number of amides is 1. The molecular weight excluding hydrogens is 344 g/mol. The first kappa shape index (κ1) is 16.8. The standard InChI is InChI=1S/C20H18N4O3/c1-24-20(26-2)15-7-6-14(10-17(15)23-24)19(25)22-12-13-5-8-16(21-11-13)18-4-3-9-27-18/h3-11H,12H2,1-2H3,(H,22,25). The van der Waals surface area contributed by atoms with E-state index in [0.29, 0.717) is 29.3 Å². The molecule has 136 valence electrons. The lowest BCUT2D eigenvalue weighted by Crippen LogP contribution is -2.22. The molecule has 0 spiro atoms. The number of hydrogen-bond acceptors (Lipinski definition) is 5. The summed E-state index contributed by atoms with van der Waals surface area (Å²) < 4.78 is 12.3. The van der Waals surface area contributed by atoms with Crippen LogP contribution in [0.5, 0.6) is 5.88 Å². The summed E-state index contributed by atoms with van der Waals surface area (Å²) in [5, 5.41) is 8.14. The lowest BCUT2D eigenvalue weighted by molar-refractivity contribution is 0.0951. The minimum Gasteiger partial charge on any atom is -0.481 e. The molecule has 0 radical (unpaired) electrons. The Morgan fingerprint density at radius 1 is 1.26 bits per heavy atom. The van der Waals surface area contributed by atoms with Gasteiger partial charge in [0.05, 0.1) is 24.3 Å². The zero-order chi connectivity index (χ0) is 18.8. The minimum absolute atomic E-state index is 0.170. The molecule has 0 bridgehead atoms. The van der Waals surface area contributed by atoms with E-state index in [1.807, 2.05) is 30.3 Å². The van der Waals surface area contributed by atoms with Gasteiger partial charge in [-0.15, -0.1) is 0 Å². The molecule has 0 aliphatic rings. The van der Waals surface area contributed by atoms with Crippen molar-refractivity contribution < 1.29 is 13.9 Å². The SMILES string of the molecule is COc1c2ccc(C(=O)NCc3ccc(-c4ccco4)nc3)cc2nn1C. The maximum absolute atomic E-state index is 12.5. The highest BCUT2D eigenvalue weighted by Crippen LogP contribution is 2.25. The summed E-state index contributed by atoms with van der Waals surface area (Å²) in [5.41, 5.74) is 2.92. The molecule has 0 aliphatic heterocycles.